The van der Waals surface area contributed by atoms with E-state index in [1.54, 1.807) is 0 Å². The summed E-state index contributed by atoms with van der Waals surface area (Å²) < 4.78 is 0. The quantitative estimate of drug-likeness (QED) is 0.764. The van der Waals surface area contributed by atoms with Gasteiger partial charge in [0.1, 0.15) is 0 Å². The Hall–Kier alpha value is -2.33. The molecule has 154 valence electrons. The van der Waals surface area contributed by atoms with Crippen LogP contribution in [-0.4, -0.2) is 36.1 Å². The van der Waals surface area contributed by atoms with E-state index in [0.29, 0.717) is 12.1 Å². The number of nitrogens with zero attached hydrogens (tertiary/aromatic N) is 1. The Kier molecular flexibility index (Phi) is 6.50. The first-order valence-electron chi connectivity index (χ1n) is 11.1. The van der Waals surface area contributed by atoms with E-state index in [1.165, 1.54) is 35.1 Å². The molecule has 2 fully saturated rings. The first-order chi connectivity index (χ1) is 14.2. The average molecular weight is 392 g/mol. The molecule has 1 aliphatic heterocycles. The van der Waals surface area contributed by atoms with Crippen LogP contribution >= 0.6 is 0 Å². The van der Waals surface area contributed by atoms with Crippen molar-refractivity contribution in [1.29, 1.82) is 0 Å². The van der Waals surface area contributed by atoms with Gasteiger partial charge in [0.2, 0.25) is 0 Å². The number of amides is 2. The van der Waals surface area contributed by atoms with Crippen LogP contribution in [0.25, 0.3) is 11.1 Å². The van der Waals surface area contributed by atoms with Gasteiger partial charge in [0.15, 0.2) is 0 Å². The van der Waals surface area contributed by atoms with Gasteiger partial charge in [0, 0.05) is 31.7 Å². The van der Waals surface area contributed by atoms with Crippen LogP contribution in [0.4, 0.5) is 4.79 Å². The van der Waals surface area contributed by atoms with Gasteiger partial charge in [-0.1, -0.05) is 60.9 Å². The lowest BCUT2D eigenvalue weighted by atomic mass is 10.0. The maximum Gasteiger partial charge on any atom is 0.315 e. The van der Waals surface area contributed by atoms with Crippen LogP contribution in [0.2, 0.25) is 0 Å². The van der Waals surface area contributed by atoms with Crippen LogP contribution in [0.5, 0.6) is 0 Å². The van der Waals surface area contributed by atoms with Gasteiger partial charge < -0.3 is 10.6 Å². The summed E-state index contributed by atoms with van der Waals surface area (Å²) in [5, 5.41) is 6.33. The summed E-state index contributed by atoms with van der Waals surface area (Å²) in [5.74, 6) is 0. The number of hydrogen-bond donors (Lipinski definition) is 2. The molecule has 1 heterocycles. The van der Waals surface area contributed by atoms with Crippen LogP contribution in [0.1, 0.15) is 49.7 Å². The number of aryl methyl sites for hydroxylation is 1. The van der Waals surface area contributed by atoms with Crippen molar-refractivity contribution >= 4 is 6.03 Å². The second-order valence-corrected chi connectivity index (χ2v) is 8.72. The maximum atomic E-state index is 12.2. The van der Waals surface area contributed by atoms with Crippen molar-refractivity contribution in [2.45, 2.75) is 64.1 Å². The highest BCUT2D eigenvalue weighted by atomic mass is 16.2. The number of likely N-dealkylation sites (tertiary alicyclic amines) is 1. The van der Waals surface area contributed by atoms with Crippen molar-refractivity contribution in [2.75, 3.05) is 13.1 Å². The molecule has 4 heteroatoms. The molecular formula is C25H33N3O. The SMILES string of the molecule is Cc1cccc(-c2cccc(CN3CCC(NC(=O)NC4CCCC4)CC3)c2)c1. The van der Waals surface area contributed by atoms with Crippen molar-refractivity contribution in [3.8, 4) is 11.1 Å². The van der Waals surface area contributed by atoms with E-state index in [9.17, 15) is 4.79 Å². The normalized spacial score (nSPS) is 18.7. The second kappa shape index (κ2) is 9.45. The first-order valence-corrected chi connectivity index (χ1v) is 11.1. The Labute approximate surface area is 174 Å². The number of piperidine rings is 1. The summed E-state index contributed by atoms with van der Waals surface area (Å²) in [4.78, 5) is 14.7. The van der Waals surface area contributed by atoms with Gasteiger partial charge in [-0.15, -0.1) is 0 Å². The van der Waals surface area contributed by atoms with Crippen molar-refractivity contribution in [2.24, 2.45) is 0 Å². The Morgan fingerprint density at radius 1 is 0.897 bits per heavy atom. The molecule has 0 aromatic heterocycles. The maximum absolute atomic E-state index is 12.2. The van der Waals surface area contributed by atoms with Gasteiger partial charge in [0.25, 0.3) is 0 Å². The molecule has 0 radical (unpaired) electrons. The van der Waals surface area contributed by atoms with Gasteiger partial charge in [-0.2, -0.15) is 0 Å². The monoisotopic (exact) mass is 391 g/mol. The molecule has 0 bridgehead atoms. The van der Waals surface area contributed by atoms with Gasteiger partial charge in [-0.05, 0) is 55.4 Å². The molecule has 2 aromatic rings. The molecule has 0 unspecified atom stereocenters. The van der Waals surface area contributed by atoms with Crippen LogP contribution in [-0.2, 0) is 6.54 Å². The van der Waals surface area contributed by atoms with E-state index in [0.717, 1.165) is 45.3 Å². The number of rotatable bonds is 5. The Morgan fingerprint density at radius 2 is 1.52 bits per heavy atom. The third-order valence-electron chi connectivity index (χ3n) is 6.30. The van der Waals surface area contributed by atoms with Crippen molar-refractivity contribution in [1.82, 2.24) is 15.5 Å². The van der Waals surface area contributed by atoms with Crippen LogP contribution in [0, 0.1) is 6.92 Å². The second-order valence-electron chi connectivity index (χ2n) is 8.72. The molecular weight excluding hydrogens is 358 g/mol. The molecule has 1 aliphatic carbocycles. The highest BCUT2D eigenvalue weighted by molar-refractivity contribution is 5.74. The third-order valence-corrected chi connectivity index (χ3v) is 6.30. The van der Waals surface area contributed by atoms with E-state index in [-0.39, 0.29) is 6.03 Å². The zero-order valence-corrected chi connectivity index (χ0v) is 17.5. The standard InChI is InChI=1S/C25H33N3O/c1-19-6-4-8-21(16-19)22-9-5-7-20(17-22)18-28-14-12-24(13-15-28)27-25(29)26-23-10-2-3-11-23/h4-9,16-17,23-24H,2-3,10-15,18H2,1H3,(H2,26,27,29). The van der Waals surface area contributed by atoms with Crippen molar-refractivity contribution in [3.05, 3.63) is 59.7 Å². The fourth-order valence-corrected chi connectivity index (χ4v) is 4.65. The number of urea groups is 1. The molecule has 4 nitrogen and oxygen atoms in total. The molecule has 2 aliphatic rings. The highest BCUT2D eigenvalue weighted by Gasteiger charge is 2.23. The third kappa shape index (κ3) is 5.60. The smallest absolute Gasteiger partial charge is 0.315 e. The molecule has 2 N–H and O–H groups in total. The minimum Gasteiger partial charge on any atom is -0.335 e. The fourth-order valence-electron chi connectivity index (χ4n) is 4.65. The zero-order valence-electron chi connectivity index (χ0n) is 17.5. The van der Waals surface area contributed by atoms with Crippen LogP contribution in [0.3, 0.4) is 0 Å². The van der Waals surface area contributed by atoms with Crippen molar-refractivity contribution in [3.63, 3.8) is 0 Å². The Balaban J connectivity index is 1.26. The molecule has 4 rings (SSSR count). The topological polar surface area (TPSA) is 44.4 Å². The predicted octanol–water partition coefficient (Wildman–Crippen LogP) is 4.87. The number of benzene rings is 2. The molecule has 2 aromatic carbocycles. The highest BCUT2D eigenvalue weighted by Crippen LogP contribution is 2.23. The largest absolute Gasteiger partial charge is 0.335 e. The summed E-state index contributed by atoms with van der Waals surface area (Å²) in [5.41, 5.74) is 5.21. The molecule has 1 saturated carbocycles. The summed E-state index contributed by atoms with van der Waals surface area (Å²) in [6.07, 6.45) is 6.80. The lowest BCUT2D eigenvalue weighted by molar-refractivity contribution is 0.185. The number of carbonyl (C=O) groups excluding carboxylic acids is 1. The fraction of sp³-hybridized carbons (Fsp3) is 0.480. The minimum atomic E-state index is 0.0289. The van der Waals surface area contributed by atoms with E-state index >= 15 is 0 Å². The summed E-state index contributed by atoms with van der Waals surface area (Å²) in [6.45, 7) is 5.17. The lowest BCUT2D eigenvalue weighted by Gasteiger charge is -2.32. The van der Waals surface area contributed by atoms with Gasteiger partial charge in [-0.3, -0.25) is 4.90 Å². The molecule has 1 saturated heterocycles. The summed E-state index contributed by atoms with van der Waals surface area (Å²) in [7, 11) is 0. The minimum absolute atomic E-state index is 0.0289. The molecule has 0 atom stereocenters. The van der Waals surface area contributed by atoms with Crippen molar-refractivity contribution < 1.29 is 4.79 Å². The van der Waals surface area contributed by atoms with Gasteiger partial charge in [0.05, 0.1) is 0 Å². The van der Waals surface area contributed by atoms with Gasteiger partial charge in [-0.25, -0.2) is 4.79 Å². The Bertz CT molecular complexity index is 820. The van der Waals surface area contributed by atoms with E-state index < -0.39 is 0 Å². The number of nitrogens with one attached hydrogen (secondary N) is 2. The first kappa shape index (κ1) is 20.0. The van der Waals surface area contributed by atoms with E-state index in [2.05, 4.69) is 71.0 Å². The summed E-state index contributed by atoms with van der Waals surface area (Å²) in [6, 6.07) is 18.3. The Morgan fingerprint density at radius 3 is 2.21 bits per heavy atom. The molecule has 2 amide bonds. The molecule has 0 spiro atoms. The number of hydrogen-bond acceptors (Lipinski definition) is 2. The van der Waals surface area contributed by atoms with Crippen LogP contribution in [0.15, 0.2) is 48.5 Å². The zero-order chi connectivity index (χ0) is 20.1. The van der Waals surface area contributed by atoms with E-state index in [1.807, 2.05) is 0 Å². The summed E-state index contributed by atoms with van der Waals surface area (Å²) >= 11 is 0. The van der Waals surface area contributed by atoms with Gasteiger partial charge >= 0.3 is 6.03 Å². The average Bonchev–Trinajstić information content (AvgIpc) is 3.23. The van der Waals surface area contributed by atoms with E-state index in [4.69, 9.17) is 0 Å². The number of carbonyl (C=O) groups is 1. The predicted molar refractivity (Wildman–Crippen MR) is 119 cm³/mol. The molecule has 29 heavy (non-hydrogen) atoms. The lowest BCUT2D eigenvalue weighted by Crippen LogP contribution is -2.49. The van der Waals surface area contributed by atoms with Crippen LogP contribution < -0.4 is 10.6 Å².